The highest BCUT2D eigenvalue weighted by molar-refractivity contribution is 5.93. The van der Waals surface area contributed by atoms with E-state index in [2.05, 4.69) is 34.5 Å². The molecule has 0 spiro atoms. The van der Waals surface area contributed by atoms with Crippen LogP contribution in [0.25, 0.3) is 0 Å². The summed E-state index contributed by atoms with van der Waals surface area (Å²) in [5.41, 5.74) is 3.24. The summed E-state index contributed by atoms with van der Waals surface area (Å²) in [6, 6.07) is 27.1. The maximum absolute atomic E-state index is 12.7. The Hall–Kier alpha value is -3.68. The highest BCUT2D eigenvalue weighted by atomic mass is 16.5. The number of benzene rings is 3. The maximum atomic E-state index is 12.7. The Kier molecular flexibility index (Phi) is 8.48. The van der Waals surface area contributed by atoms with Crippen LogP contribution in [0.2, 0.25) is 0 Å². The third kappa shape index (κ3) is 6.68. The summed E-state index contributed by atoms with van der Waals surface area (Å²) >= 11 is 0. The van der Waals surface area contributed by atoms with Gasteiger partial charge in [0.2, 0.25) is 0 Å². The lowest BCUT2D eigenvalue weighted by atomic mass is 10.0. The molecule has 1 fully saturated rings. The van der Waals surface area contributed by atoms with Crippen LogP contribution in [0.5, 0.6) is 0 Å². The number of nitrogens with zero attached hydrogens (tertiary/aromatic N) is 2. The smallest absolute Gasteiger partial charge is 0.337 e. The van der Waals surface area contributed by atoms with Crippen molar-refractivity contribution >= 4 is 17.7 Å². The number of anilines is 1. The topological polar surface area (TPSA) is 71.1 Å². The van der Waals surface area contributed by atoms with Gasteiger partial charge in [-0.25, -0.2) is 9.59 Å². The first-order valence-corrected chi connectivity index (χ1v) is 11.8. The van der Waals surface area contributed by atoms with Crippen LogP contribution in [0.15, 0.2) is 84.9 Å². The van der Waals surface area contributed by atoms with Gasteiger partial charge >= 0.3 is 12.0 Å². The molecule has 1 aliphatic rings. The third-order valence-electron chi connectivity index (χ3n) is 6.09. The molecule has 4 rings (SSSR count). The Labute approximate surface area is 206 Å². The van der Waals surface area contributed by atoms with Crippen molar-refractivity contribution < 1.29 is 19.1 Å². The number of carbonyl (C=O) groups excluding carboxylic acids is 2. The predicted octanol–water partition coefficient (Wildman–Crippen LogP) is 4.43. The second-order valence-electron chi connectivity index (χ2n) is 8.40. The third-order valence-corrected chi connectivity index (χ3v) is 6.09. The summed E-state index contributed by atoms with van der Waals surface area (Å²) < 4.78 is 11.1. The number of esters is 1. The summed E-state index contributed by atoms with van der Waals surface area (Å²) in [7, 11) is 1.33. The minimum Gasteiger partial charge on any atom is -0.465 e. The molecule has 1 saturated heterocycles. The molecule has 0 radical (unpaired) electrons. The van der Waals surface area contributed by atoms with Crippen LogP contribution in [0.4, 0.5) is 10.5 Å². The first kappa shape index (κ1) is 24.4. The van der Waals surface area contributed by atoms with Crippen molar-refractivity contribution in [2.75, 3.05) is 51.8 Å². The summed E-state index contributed by atoms with van der Waals surface area (Å²) in [6.07, 6.45) is -0.106. The summed E-state index contributed by atoms with van der Waals surface area (Å²) in [5, 5.41) is 2.88. The average molecular weight is 474 g/mol. The summed E-state index contributed by atoms with van der Waals surface area (Å²) in [4.78, 5) is 28.5. The number of nitrogens with one attached hydrogen (secondary N) is 1. The van der Waals surface area contributed by atoms with Crippen LogP contribution >= 0.6 is 0 Å². The van der Waals surface area contributed by atoms with Crippen molar-refractivity contribution in [1.82, 2.24) is 9.80 Å². The molecule has 0 bridgehead atoms. The van der Waals surface area contributed by atoms with Crippen LogP contribution in [0.1, 0.15) is 27.6 Å². The van der Waals surface area contributed by atoms with E-state index in [-0.39, 0.29) is 12.1 Å². The number of ether oxygens (including phenoxy) is 2. The Morgan fingerprint density at radius 3 is 2.09 bits per heavy atom. The lowest BCUT2D eigenvalue weighted by molar-refractivity contribution is 0.0498. The number of urea groups is 1. The molecule has 35 heavy (non-hydrogen) atoms. The van der Waals surface area contributed by atoms with Crippen LogP contribution in [-0.4, -0.2) is 68.2 Å². The van der Waals surface area contributed by atoms with Crippen molar-refractivity contribution in [3.05, 3.63) is 102 Å². The molecule has 182 valence electrons. The van der Waals surface area contributed by atoms with E-state index in [9.17, 15) is 9.59 Å². The number of rotatable bonds is 8. The second kappa shape index (κ2) is 12.1. The molecular weight excluding hydrogens is 442 g/mol. The molecule has 0 atom stereocenters. The maximum Gasteiger partial charge on any atom is 0.337 e. The quantitative estimate of drug-likeness (QED) is 0.490. The molecule has 0 saturated carbocycles. The minimum absolute atomic E-state index is 0.106. The molecule has 1 aliphatic heterocycles. The molecule has 7 nitrogen and oxygen atoms in total. The molecule has 2 amide bonds. The zero-order valence-electron chi connectivity index (χ0n) is 19.9. The fourth-order valence-electron chi connectivity index (χ4n) is 4.16. The van der Waals surface area contributed by atoms with E-state index in [1.54, 1.807) is 29.2 Å². The Morgan fingerprint density at radius 2 is 1.49 bits per heavy atom. The summed E-state index contributed by atoms with van der Waals surface area (Å²) in [6.45, 7) is 4.21. The standard InChI is InChI=1S/C28H31N3O4/c1-34-27(32)24-13-8-14-25(21-24)29-28(33)31-17-15-30(16-18-31)19-20-35-26(22-9-4-2-5-10-22)23-11-6-3-7-12-23/h2-14,21,26H,15-20H2,1H3,(H,29,33). The lowest BCUT2D eigenvalue weighted by Crippen LogP contribution is -2.50. The Morgan fingerprint density at radius 1 is 0.857 bits per heavy atom. The van der Waals surface area contributed by atoms with E-state index in [1.807, 2.05) is 36.4 Å². The zero-order valence-corrected chi connectivity index (χ0v) is 19.9. The first-order valence-electron chi connectivity index (χ1n) is 11.8. The van der Waals surface area contributed by atoms with Crippen LogP contribution in [0, 0.1) is 0 Å². The molecule has 1 heterocycles. The normalized spacial score (nSPS) is 14.1. The van der Waals surface area contributed by atoms with E-state index in [0.717, 1.165) is 30.8 Å². The molecule has 3 aromatic carbocycles. The van der Waals surface area contributed by atoms with Crippen molar-refractivity contribution in [3.8, 4) is 0 Å². The molecule has 0 aromatic heterocycles. The number of hydrogen-bond donors (Lipinski definition) is 1. The fraction of sp³-hybridized carbons (Fsp3) is 0.286. The number of carbonyl (C=O) groups is 2. The molecule has 0 unspecified atom stereocenters. The average Bonchev–Trinajstić information content (AvgIpc) is 2.92. The second-order valence-corrected chi connectivity index (χ2v) is 8.40. The molecule has 7 heteroatoms. The van der Waals surface area contributed by atoms with E-state index in [0.29, 0.717) is 30.9 Å². The summed E-state index contributed by atoms with van der Waals surface area (Å²) in [5.74, 6) is -0.432. The monoisotopic (exact) mass is 473 g/mol. The molecular formula is C28H31N3O4. The van der Waals surface area contributed by atoms with Gasteiger partial charge in [-0.1, -0.05) is 66.7 Å². The zero-order chi connectivity index (χ0) is 24.5. The van der Waals surface area contributed by atoms with E-state index in [1.165, 1.54) is 7.11 Å². The van der Waals surface area contributed by atoms with E-state index >= 15 is 0 Å². The minimum atomic E-state index is -0.432. The lowest BCUT2D eigenvalue weighted by Gasteiger charge is -2.34. The Bertz CT molecular complexity index is 1060. The van der Waals surface area contributed by atoms with E-state index in [4.69, 9.17) is 9.47 Å². The van der Waals surface area contributed by atoms with Gasteiger partial charge in [0, 0.05) is 38.4 Å². The number of piperazine rings is 1. The van der Waals surface area contributed by atoms with Crippen molar-refractivity contribution in [1.29, 1.82) is 0 Å². The molecule has 0 aliphatic carbocycles. The van der Waals surface area contributed by atoms with Gasteiger partial charge in [-0.05, 0) is 29.3 Å². The van der Waals surface area contributed by atoms with Gasteiger partial charge in [-0.3, -0.25) is 4.90 Å². The molecule has 1 N–H and O–H groups in total. The number of hydrogen-bond acceptors (Lipinski definition) is 5. The van der Waals surface area contributed by atoms with Gasteiger partial charge < -0.3 is 19.7 Å². The Balaban J connectivity index is 1.25. The SMILES string of the molecule is COC(=O)c1cccc(NC(=O)N2CCN(CCOC(c3ccccc3)c3ccccc3)CC2)c1. The van der Waals surface area contributed by atoms with Crippen LogP contribution < -0.4 is 5.32 Å². The van der Waals surface area contributed by atoms with Gasteiger partial charge in [0.05, 0.1) is 19.3 Å². The van der Waals surface area contributed by atoms with Crippen molar-refractivity contribution in [3.63, 3.8) is 0 Å². The molecule has 3 aromatic rings. The number of amides is 2. The van der Waals surface area contributed by atoms with Gasteiger partial charge in [-0.15, -0.1) is 0 Å². The highest BCUT2D eigenvalue weighted by Crippen LogP contribution is 2.25. The number of methoxy groups -OCH3 is 1. The van der Waals surface area contributed by atoms with Gasteiger partial charge in [0.15, 0.2) is 0 Å². The van der Waals surface area contributed by atoms with E-state index < -0.39 is 5.97 Å². The highest BCUT2D eigenvalue weighted by Gasteiger charge is 2.22. The van der Waals surface area contributed by atoms with Gasteiger partial charge in [0.25, 0.3) is 0 Å². The predicted molar refractivity (Wildman–Crippen MR) is 135 cm³/mol. The fourth-order valence-corrected chi connectivity index (χ4v) is 4.16. The van der Waals surface area contributed by atoms with Crippen LogP contribution in [-0.2, 0) is 9.47 Å². The van der Waals surface area contributed by atoms with Crippen molar-refractivity contribution in [2.24, 2.45) is 0 Å². The van der Waals surface area contributed by atoms with Gasteiger partial charge in [0.1, 0.15) is 6.10 Å². The first-order chi connectivity index (χ1) is 17.1. The van der Waals surface area contributed by atoms with Gasteiger partial charge in [-0.2, -0.15) is 0 Å². The largest absolute Gasteiger partial charge is 0.465 e. The van der Waals surface area contributed by atoms with Crippen molar-refractivity contribution in [2.45, 2.75) is 6.10 Å². The van der Waals surface area contributed by atoms with Crippen LogP contribution in [0.3, 0.4) is 0 Å².